The molecule has 0 radical (unpaired) electrons. The minimum absolute atomic E-state index is 0.561. The smallest absolute Gasteiger partial charge is 0.229 e. The van der Waals surface area contributed by atoms with Crippen molar-refractivity contribution in [3.63, 3.8) is 0 Å². The second-order valence-corrected chi connectivity index (χ2v) is 6.68. The average molecular weight is 304 g/mol. The van der Waals surface area contributed by atoms with E-state index in [-0.39, 0.29) is 0 Å². The van der Waals surface area contributed by atoms with Crippen molar-refractivity contribution in [2.45, 2.75) is 19.9 Å². The number of sulfonamides is 1. The quantitative estimate of drug-likeness (QED) is 0.861. The summed E-state index contributed by atoms with van der Waals surface area (Å²) in [5, 5.41) is 3.33. The largest absolute Gasteiger partial charge is 0.381 e. The van der Waals surface area contributed by atoms with Gasteiger partial charge in [0.1, 0.15) is 0 Å². The summed E-state index contributed by atoms with van der Waals surface area (Å²) >= 11 is 0. The zero-order valence-corrected chi connectivity index (χ0v) is 13.1. The predicted molar refractivity (Wildman–Crippen MR) is 88.1 cm³/mol. The predicted octanol–water partition coefficient (Wildman–Crippen LogP) is 3.23. The highest BCUT2D eigenvalue weighted by Crippen LogP contribution is 2.18. The van der Waals surface area contributed by atoms with Crippen LogP contribution in [0.4, 0.5) is 11.4 Å². The van der Waals surface area contributed by atoms with Crippen LogP contribution in [0.15, 0.2) is 48.5 Å². The lowest BCUT2D eigenvalue weighted by Crippen LogP contribution is -2.10. The molecule has 2 aromatic carbocycles. The molecule has 2 N–H and O–H groups in total. The van der Waals surface area contributed by atoms with Crippen molar-refractivity contribution in [2.24, 2.45) is 0 Å². The molecule has 0 amide bonds. The van der Waals surface area contributed by atoms with Crippen molar-refractivity contribution in [3.8, 4) is 0 Å². The van der Waals surface area contributed by atoms with E-state index in [1.165, 1.54) is 11.1 Å². The molecule has 0 aliphatic rings. The van der Waals surface area contributed by atoms with Crippen LogP contribution in [0, 0.1) is 0 Å². The van der Waals surface area contributed by atoms with Gasteiger partial charge in [-0.2, -0.15) is 0 Å². The van der Waals surface area contributed by atoms with Gasteiger partial charge in [-0.15, -0.1) is 0 Å². The molecule has 0 spiro atoms. The van der Waals surface area contributed by atoms with Gasteiger partial charge < -0.3 is 5.32 Å². The van der Waals surface area contributed by atoms with Gasteiger partial charge in [0.2, 0.25) is 10.0 Å². The third kappa shape index (κ3) is 4.79. The number of hydrogen-bond donors (Lipinski definition) is 2. The fourth-order valence-corrected chi connectivity index (χ4v) is 2.73. The third-order valence-electron chi connectivity index (χ3n) is 3.15. The van der Waals surface area contributed by atoms with E-state index < -0.39 is 10.0 Å². The zero-order chi connectivity index (χ0) is 15.3. The van der Waals surface area contributed by atoms with E-state index in [2.05, 4.69) is 29.1 Å². The van der Waals surface area contributed by atoms with Gasteiger partial charge in [-0.25, -0.2) is 8.42 Å². The molecule has 0 aromatic heterocycles. The Kier molecular flexibility index (Phi) is 4.85. The Bertz CT molecular complexity index is 712. The highest BCUT2D eigenvalue weighted by Gasteiger charge is 2.03. The number of benzene rings is 2. The first-order valence-corrected chi connectivity index (χ1v) is 8.75. The summed E-state index contributed by atoms with van der Waals surface area (Å²) in [6.45, 7) is 2.85. The first-order valence-electron chi connectivity index (χ1n) is 6.86. The molecule has 2 rings (SSSR count). The summed E-state index contributed by atoms with van der Waals surface area (Å²) in [6, 6.07) is 15.5. The molecular formula is C16H20N2O2S. The minimum Gasteiger partial charge on any atom is -0.381 e. The number of nitrogens with one attached hydrogen (secondary N) is 2. The second-order valence-electron chi connectivity index (χ2n) is 4.93. The van der Waals surface area contributed by atoms with Crippen LogP contribution in [0.2, 0.25) is 0 Å². The highest BCUT2D eigenvalue weighted by atomic mass is 32.2. The molecule has 0 heterocycles. The first kappa shape index (κ1) is 15.4. The molecule has 2 aromatic rings. The molecule has 5 heteroatoms. The molecule has 112 valence electrons. The van der Waals surface area contributed by atoms with Crippen LogP contribution in [0.25, 0.3) is 0 Å². The summed E-state index contributed by atoms with van der Waals surface area (Å²) in [6.07, 6.45) is 2.14. The Morgan fingerprint density at radius 1 is 0.952 bits per heavy atom. The zero-order valence-electron chi connectivity index (χ0n) is 12.3. The van der Waals surface area contributed by atoms with Crippen LogP contribution in [-0.4, -0.2) is 14.7 Å². The molecule has 4 nitrogen and oxygen atoms in total. The Hall–Kier alpha value is -2.01. The van der Waals surface area contributed by atoms with Gasteiger partial charge in [-0.3, -0.25) is 4.72 Å². The Balaban J connectivity index is 2.08. The Morgan fingerprint density at radius 2 is 1.62 bits per heavy atom. The van der Waals surface area contributed by atoms with E-state index in [4.69, 9.17) is 0 Å². The van der Waals surface area contributed by atoms with Crippen LogP contribution >= 0.6 is 0 Å². The third-order valence-corrected chi connectivity index (χ3v) is 3.75. The lowest BCUT2D eigenvalue weighted by molar-refractivity contribution is 0.607. The van der Waals surface area contributed by atoms with Crippen LogP contribution in [0.3, 0.4) is 0 Å². The summed E-state index contributed by atoms with van der Waals surface area (Å²) in [7, 11) is -3.25. The van der Waals surface area contributed by atoms with Crippen molar-refractivity contribution < 1.29 is 8.42 Å². The summed E-state index contributed by atoms with van der Waals surface area (Å²) < 4.78 is 25.0. The SMILES string of the molecule is CCc1ccccc1CNc1cccc(NS(C)(=O)=O)c1. The number of anilines is 2. The number of aryl methyl sites for hydroxylation is 1. The van der Waals surface area contributed by atoms with Crippen LogP contribution in [-0.2, 0) is 23.0 Å². The van der Waals surface area contributed by atoms with Crippen molar-refractivity contribution in [2.75, 3.05) is 16.3 Å². The molecular weight excluding hydrogens is 284 g/mol. The minimum atomic E-state index is -3.25. The fourth-order valence-electron chi connectivity index (χ4n) is 2.18. The first-order chi connectivity index (χ1) is 9.98. The molecule has 0 aliphatic heterocycles. The van der Waals surface area contributed by atoms with Crippen molar-refractivity contribution >= 4 is 21.4 Å². The van der Waals surface area contributed by atoms with Crippen LogP contribution < -0.4 is 10.0 Å². The summed E-state index contributed by atoms with van der Waals surface area (Å²) in [5.41, 5.74) is 4.01. The fraction of sp³-hybridized carbons (Fsp3) is 0.250. The second kappa shape index (κ2) is 6.63. The van der Waals surface area contributed by atoms with E-state index in [0.717, 1.165) is 18.4 Å². The molecule has 0 saturated heterocycles. The molecule has 0 unspecified atom stereocenters. The Labute approximate surface area is 126 Å². The van der Waals surface area contributed by atoms with E-state index in [0.29, 0.717) is 12.2 Å². The lowest BCUT2D eigenvalue weighted by Gasteiger charge is -2.11. The normalized spacial score (nSPS) is 11.1. The van der Waals surface area contributed by atoms with Crippen molar-refractivity contribution in [1.29, 1.82) is 0 Å². The maximum atomic E-state index is 11.2. The number of hydrogen-bond acceptors (Lipinski definition) is 3. The standard InChI is InChI=1S/C16H20N2O2S/c1-3-13-7-4-5-8-14(13)12-17-15-9-6-10-16(11-15)18-21(2,19)20/h4-11,17-18H,3,12H2,1-2H3. The van der Waals surface area contributed by atoms with E-state index >= 15 is 0 Å². The lowest BCUT2D eigenvalue weighted by atomic mass is 10.1. The molecule has 0 fully saturated rings. The molecule has 0 bridgehead atoms. The highest BCUT2D eigenvalue weighted by molar-refractivity contribution is 7.92. The van der Waals surface area contributed by atoms with Gasteiger partial charge in [-0.1, -0.05) is 37.3 Å². The van der Waals surface area contributed by atoms with Crippen LogP contribution in [0.1, 0.15) is 18.1 Å². The van der Waals surface area contributed by atoms with Gasteiger partial charge >= 0.3 is 0 Å². The van der Waals surface area contributed by atoms with Crippen LogP contribution in [0.5, 0.6) is 0 Å². The molecule has 0 saturated carbocycles. The van der Waals surface area contributed by atoms with Gasteiger partial charge in [0.05, 0.1) is 11.9 Å². The van der Waals surface area contributed by atoms with Crippen molar-refractivity contribution in [3.05, 3.63) is 59.7 Å². The monoisotopic (exact) mass is 304 g/mol. The van der Waals surface area contributed by atoms with Gasteiger partial charge in [-0.05, 0) is 35.7 Å². The number of rotatable bonds is 6. The molecule has 0 atom stereocenters. The van der Waals surface area contributed by atoms with E-state index in [9.17, 15) is 8.42 Å². The summed E-state index contributed by atoms with van der Waals surface area (Å²) in [5.74, 6) is 0. The average Bonchev–Trinajstić information content (AvgIpc) is 2.44. The molecule has 0 aliphatic carbocycles. The Morgan fingerprint density at radius 3 is 2.29 bits per heavy atom. The molecule has 21 heavy (non-hydrogen) atoms. The van der Waals surface area contributed by atoms with E-state index in [1.807, 2.05) is 24.3 Å². The maximum absolute atomic E-state index is 11.2. The van der Waals surface area contributed by atoms with Gasteiger partial charge in [0, 0.05) is 12.2 Å². The van der Waals surface area contributed by atoms with Gasteiger partial charge in [0.25, 0.3) is 0 Å². The summed E-state index contributed by atoms with van der Waals surface area (Å²) in [4.78, 5) is 0. The maximum Gasteiger partial charge on any atom is 0.229 e. The van der Waals surface area contributed by atoms with Gasteiger partial charge in [0.15, 0.2) is 0 Å². The topological polar surface area (TPSA) is 58.2 Å². The van der Waals surface area contributed by atoms with Crippen molar-refractivity contribution in [1.82, 2.24) is 0 Å². The van der Waals surface area contributed by atoms with E-state index in [1.54, 1.807) is 12.1 Å².